The largest absolute Gasteiger partial charge is 0.481 e. The van der Waals surface area contributed by atoms with Crippen molar-refractivity contribution in [3.05, 3.63) is 29.3 Å². The number of nitrogens with one attached hydrogen (secondary N) is 2. The fourth-order valence-corrected chi connectivity index (χ4v) is 2.16. The van der Waals surface area contributed by atoms with Crippen LogP contribution in [0.15, 0.2) is 18.2 Å². The number of fused-ring (bicyclic) bond motifs is 1. The zero-order valence-electron chi connectivity index (χ0n) is 11.8. The molecule has 3 N–H and O–H groups in total. The van der Waals surface area contributed by atoms with Crippen LogP contribution in [0.4, 0.5) is 5.69 Å². The molecule has 0 aliphatic carbocycles. The minimum atomic E-state index is -0.926. The molecular formula is C15H20N2O3. The normalized spacial score (nSPS) is 15.9. The van der Waals surface area contributed by atoms with Gasteiger partial charge in [-0.25, -0.2) is 0 Å². The Kier molecular flexibility index (Phi) is 3.97. The van der Waals surface area contributed by atoms with Crippen LogP contribution in [-0.2, 0) is 11.2 Å². The van der Waals surface area contributed by atoms with Crippen molar-refractivity contribution in [2.24, 2.45) is 5.41 Å². The molecule has 5 heteroatoms. The minimum absolute atomic E-state index is 0.127. The molecule has 0 bridgehead atoms. The second kappa shape index (κ2) is 5.53. The lowest BCUT2D eigenvalue weighted by Gasteiger charge is -2.23. The van der Waals surface area contributed by atoms with E-state index in [1.54, 1.807) is 19.9 Å². The average molecular weight is 276 g/mol. The standard InChI is InChI=1S/C15H20N2O3/c1-3-15(2,14(19)20)9-17-13(18)11-5-4-10-6-7-16-12(10)8-11/h4-5,8,16H,3,6-7,9H2,1-2H3,(H,17,18)(H,19,20). The maximum absolute atomic E-state index is 12.1. The lowest BCUT2D eigenvalue weighted by Crippen LogP contribution is -2.40. The summed E-state index contributed by atoms with van der Waals surface area (Å²) in [7, 11) is 0. The van der Waals surface area contributed by atoms with Gasteiger partial charge in [-0.1, -0.05) is 13.0 Å². The molecule has 1 amide bonds. The van der Waals surface area contributed by atoms with Crippen LogP contribution in [0.1, 0.15) is 36.2 Å². The van der Waals surface area contributed by atoms with Gasteiger partial charge in [0.2, 0.25) is 0 Å². The first-order valence-electron chi connectivity index (χ1n) is 6.84. The molecule has 1 aromatic rings. The van der Waals surface area contributed by atoms with Gasteiger partial charge in [-0.15, -0.1) is 0 Å². The molecule has 1 aliphatic rings. The Morgan fingerprint density at radius 2 is 2.20 bits per heavy atom. The minimum Gasteiger partial charge on any atom is -0.481 e. The van der Waals surface area contributed by atoms with E-state index in [1.165, 1.54) is 5.56 Å². The SMILES string of the molecule is CCC(C)(CNC(=O)c1ccc2c(c1)NCC2)C(=O)O. The van der Waals surface area contributed by atoms with E-state index in [2.05, 4.69) is 10.6 Å². The Hall–Kier alpha value is -2.04. The molecule has 5 nitrogen and oxygen atoms in total. The summed E-state index contributed by atoms with van der Waals surface area (Å²) in [5.41, 5.74) is 1.84. The van der Waals surface area contributed by atoms with Gasteiger partial charge in [0, 0.05) is 24.3 Å². The number of carboxylic acid groups (broad SMARTS) is 1. The summed E-state index contributed by atoms with van der Waals surface area (Å²) >= 11 is 0. The highest BCUT2D eigenvalue weighted by Crippen LogP contribution is 2.24. The number of carbonyl (C=O) groups excluding carboxylic acids is 1. The Bertz CT molecular complexity index is 542. The topological polar surface area (TPSA) is 78.4 Å². The Morgan fingerprint density at radius 1 is 1.45 bits per heavy atom. The molecule has 0 saturated heterocycles. The molecule has 20 heavy (non-hydrogen) atoms. The highest BCUT2D eigenvalue weighted by Gasteiger charge is 2.31. The van der Waals surface area contributed by atoms with Gasteiger partial charge in [0.25, 0.3) is 5.91 Å². The third-order valence-corrected chi connectivity index (χ3v) is 4.02. The van der Waals surface area contributed by atoms with Crippen molar-refractivity contribution in [2.45, 2.75) is 26.7 Å². The Morgan fingerprint density at radius 3 is 2.85 bits per heavy atom. The first kappa shape index (κ1) is 14.4. The van der Waals surface area contributed by atoms with Crippen molar-refractivity contribution in [1.82, 2.24) is 5.32 Å². The van der Waals surface area contributed by atoms with Gasteiger partial charge >= 0.3 is 5.97 Å². The number of hydrogen-bond acceptors (Lipinski definition) is 3. The van der Waals surface area contributed by atoms with Crippen LogP contribution in [0.2, 0.25) is 0 Å². The first-order chi connectivity index (χ1) is 9.46. The van der Waals surface area contributed by atoms with Gasteiger partial charge in [-0.05, 0) is 37.5 Å². The van der Waals surface area contributed by atoms with Crippen molar-refractivity contribution in [3.8, 4) is 0 Å². The predicted molar refractivity (Wildman–Crippen MR) is 77.0 cm³/mol. The summed E-state index contributed by atoms with van der Waals surface area (Å²) < 4.78 is 0. The summed E-state index contributed by atoms with van der Waals surface area (Å²) in [5.74, 6) is -1.13. The van der Waals surface area contributed by atoms with E-state index in [0.29, 0.717) is 12.0 Å². The maximum Gasteiger partial charge on any atom is 0.311 e. The summed E-state index contributed by atoms with van der Waals surface area (Å²) in [6, 6.07) is 5.55. The highest BCUT2D eigenvalue weighted by atomic mass is 16.4. The molecule has 2 rings (SSSR count). The Labute approximate surface area is 118 Å². The van der Waals surface area contributed by atoms with Gasteiger partial charge in [0.05, 0.1) is 5.41 Å². The number of carboxylic acids is 1. The molecule has 0 aromatic heterocycles. The van der Waals surface area contributed by atoms with Gasteiger partial charge < -0.3 is 15.7 Å². The van der Waals surface area contributed by atoms with Crippen LogP contribution in [0, 0.1) is 5.41 Å². The van der Waals surface area contributed by atoms with Gasteiger partial charge in [0.1, 0.15) is 0 Å². The molecule has 108 valence electrons. The Balaban J connectivity index is 2.04. The first-order valence-corrected chi connectivity index (χ1v) is 6.84. The molecule has 0 saturated carbocycles. The highest BCUT2D eigenvalue weighted by molar-refractivity contribution is 5.95. The summed E-state index contributed by atoms with van der Waals surface area (Å²) in [6.07, 6.45) is 1.44. The van der Waals surface area contributed by atoms with Crippen molar-refractivity contribution < 1.29 is 14.7 Å². The van der Waals surface area contributed by atoms with E-state index >= 15 is 0 Å². The number of anilines is 1. The third kappa shape index (κ3) is 2.76. The summed E-state index contributed by atoms with van der Waals surface area (Å²) in [4.78, 5) is 23.3. The van der Waals surface area contributed by atoms with Crippen molar-refractivity contribution in [2.75, 3.05) is 18.4 Å². The van der Waals surface area contributed by atoms with E-state index in [9.17, 15) is 14.7 Å². The second-order valence-corrected chi connectivity index (χ2v) is 5.45. The molecule has 0 radical (unpaired) electrons. The van der Waals surface area contributed by atoms with Crippen molar-refractivity contribution >= 4 is 17.6 Å². The third-order valence-electron chi connectivity index (χ3n) is 4.02. The molecule has 0 fully saturated rings. The van der Waals surface area contributed by atoms with E-state index < -0.39 is 11.4 Å². The molecule has 1 unspecified atom stereocenters. The van der Waals surface area contributed by atoms with Crippen LogP contribution >= 0.6 is 0 Å². The fraction of sp³-hybridized carbons (Fsp3) is 0.467. The zero-order valence-corrected chi connectivity index (χ0v) is 11.8. The fourth-order valence-electron chi connectivity index (χ4n) is 2.16. The molecule has 1 aliphatic heterocycles. The molecule has 1 atom stereocenters. The number of aliphatic carboxylic acids is 1. The van der Waals surface area contributed by atoms with Gasteiger partial charge in [-0.3, -0.25) is 9.59 Å². The lowest BCUT2D eigenvalue weighted by atomic mass is 9.87. The summed E-state index contributed by atoms with van der Waals surface area (Å²) in [5, 5.41) is 15.1. The number of amides is 1. The summed E-state index contributed by atoms with van der Waals surface area (Å²) in [6.45, 7) is 4.47. The maximum atomic E-state index is 12.1. The van der Waals surface area contributed by atoms with Gasteiger partial charge in [0.15, 0.2) is 0 Å². The lowest BCUT2D eigenvalue weighted by molar-refractivity contribution is -0.147. The zero-order chi connectivity index (χ0) is 14.8. The molecule has 0 spiro atoms. The van der Waals surface area contributed by atoms with Crippen molar-refractivity contribution in [3.63, 3.8) is 0 Å². The molecule has 1 heterocycles. The van der Waals surface area contributed by atoms with E-state index in [4.69, 9.17) is 0 Å². The quantitative estimate of drug-likeness (QED) is 0.767. The van der Waals surface area contributed by atoms with E-state index in [1.807, 2.05) is 12.1 Å². The van der Waals surface area contributed by atoms with Crippen LogP contribution in [0.3, 0.4) is 0 Å². The number of hydrogen-bond donors (Lipinski definition) is 3. The van der Waals surface area contributed by atoms with Crippen LogP contribution in [0.25, 0.3) is 0 Å². The predicted octanol–water partition coefficient (Wildman–Crippen LogP) is 1.89. The van der Waals surface area contributed by atoms with Crippen LogP contribution < -0.4 is 10.6 Å². The molecular weight excluding hydrogens is 256 g/mol. The van der Waals surface area contributed by atoms with Gasteiger partial charge in [-0.2, -0.15) is 0 Å². The smallest absolute Gasteiger partial charge is 0.311 e. The monoisotopic (exact) mass is 276 g/mol. The average Bonchev–Trinajstić information content (AvgIpc) is 2.91. The van der Waals surface area contributed by atoms with Crippen LogP contribution in [0.5, 0.6) is 0 Å². The van der Waals surface area contributed by atoms with Crippen LogP contribution in [-0.4, -0.2) is 30.1 Å². The number of carbonyl (C=O) groups is 2. The second-order valence-electron chi connectivity index (χ2n) is 5.45. The van der Waals surface area contributed by atoms with Crippen molar-refractivity contribution in [1.29, 1.82) is 0 Å². The van der Waals surface area contributed by atoms with E-state index in [0.717, 1.165) is 18.7 Å². The number of rotatable bonds is 5. The van der Waals surface area contributed by atoms with E-state index in [-0.39, 0.29) is 12.5 Å². The molecule has 1 aromatic carbocycles. The number of benzene rings is 1.